The first kappa shape index (κ1) is 25.6. The van der Waals surface area contributed by atoms with E-state index in [-0.39, 0.29) is 11.6 Å². The number of pyridine rings is 1. The van der Waals surface area contributed by atoms with Crippen molar-refractivity contribution in [3.63, 3.8) is 0 Å². The molecule has 0 unspecified atom stereocenters. The van der Waals surface area contributed by atoms with E-state index in [2.05, 4.69) is 41.0 Å². The minimum absolute atomic E-state index is 0.0492. The molecule has 0 saturated heterocycles. The van der Waals surface area contributed by atoms with Crippen LogP contribution in [-0.2, 0) is 0 Å². The number of hydrogen-bond donors (Lipinski definition) is 1. The second-order valence-electron chi connectivity index (χ2n) is 12.7. The van der Waals surface area contributed by atoms with Gasteiger partial charge in [0.2, 0.25) is 11.8 Å². The lowest BCUT2D eigenvalue weighted by molar-refractivity contribution is 0.148. The number of aromatic nitrogens is 3. The van der Waals surface area contributed by atoms with Crippen LogP contribution in [0.25, 0.3) is 22.4 Å². The van der Waals surface area contributed by atoms with Crippen LogP contribution in [0, 0.1) is 16.8 Å². The number of phenolic OH excluding ortho intramolecular Hbond substituents is 1. The lowest BCUT2D eigenvalue weighted by atomic mass is 9.52. The van der Waals surface area contributed by atoms with E-state index in [0.717, 1.165) is 5.82 Å². The molecule has 190 valence electrons. The quantitative estimate of drug-likeness (QED) is 0.417. The molecule has 2 aliphatic carbocycles. The summed E-state index contributed by atoms with van der Waals surface area (Å²) in [5.41, 5.74) is 3.22. The highest BCUT2D eigenvalue weighted by atomic mass is 19.1. The van der Waals surface area contributed by atoms with Gasteiger partial charge in [0.05, 0.1) is 5.69 Å². The molecular formula is C27H34B3FN4O2. The van der Waals surface area contributed by atoms with Crippen molar-refractivity contribution in [2.75, 3.05) is 11.9 Å². The van der Waals surface area contributed by atoms with Gasteiger partial charge >= 0.3 is 0 Å². The average molecular weight is 498 g/mol. The minimum atomic E-state index is -0.639. The minimum Gasteiger partial charge on any atom is -0.507 e. The molecule has 10 heteroatoms. The lowest BCUT2D eigenvalue weighted by Crippen LogP contribution is -2.42. The van der Waals surface area contributed by atoms with Crippen LogP contribution in [0.3, 0.4) is 0 Å². The van der Waals surface area contributed by atoms with E-state index in [0.29, 0.717) is 39.3 Å². The third-order valence-corrected chi connectivity index (χ3v) is 7.99. The molecule has 5 rings (SSSR count). The van der Waals surface area contributed by atoms with Gasteiger partial charge in [-0.25, -0.2) is 0 Å². The number of fused-ring (bicyclic) bond motifs is 2. The molecule has 6 nitrogen and oxygen atoms in total. The van der Waals surface area contributed by atoms with Gasteiger partial charge in [0, 0.05) is 36.1 Å². The largest absolute Gasteiger partial charge is 0.507 e. The SMILES string of the molecule is BC(B)(B)Oc1cc(-c2ccc(-c3ccc(N(C)[C@H]4C[C@]5(C)CC[C@](C)(C4)C5)nn3)c(O)c2)cc(F)n1. The Morgan fingerprint density at radius 2 is 1.70 bits per heavy atom. The Bertz CT molecular complexity index is 1300. The molecule has 2 bridgehead atoms. The van der Waals surface area contributed by atoms with Crippen molar-refractivity contribution in [3.8, 4) is 34.0 Å². The Kier molecular flexibility index (Phi) is 6.28. The van der Waals surface area contributed by atoms with Crippen LogP contribution in [-0.4, -0.2) is 62.2 Å². The zero-order valence-corrected chi connectivity index (χ0v) is 22.7. The highest BCUT2D eigenvalue weighted by Crippen LogP contribution is 2.58. The molecule has 1 N–H and O–H groups in total. The number of benzene rings is 1. The molecule has 3 atom stereocenters. The van der Waals surface area contributed by atoms with Crippen molar-refractivity contribution in [2.24, 2.45) is 10.8 Å². The monoisotopic (exact) mass is 498 g/mol. The summed E-state index contributed by atoms with van der Waals surface area (Å²) in [6, 6.07) is 12.5. The fourth-order valence-electron chi connectivity index (χ4n) is 6.42. The van der Waals surface area contributed by atoms with Gasteiger partial charge in [0.25, 0.3) is 0 Å². The number of aromatic hydroxyl groups is 1. The Morgan fingerprint density at radius 3 is 2.30 bits per heavy atom. The molecule has 1 aromatic carbocycles. The van der Waals surface area contributed by atoms with Crippen molar-refractivity contribution in [1.82, 2.24) is 15.2 Å². The zero-order chi connectivity index (χ0) is 26.6. The van der Waals surface area contributed by atoms with E-state index in [1.807, 2.05) is 41.7 Å². The summed E-state index contributed by atoms with van der Waals surface area (Å²) >= 11 is 0. The predicted molar refractivity (Wildman–Crippen MR) is 153 cm³/mol. The molecular weight excluding hydrogens is 464 g/mol. The fraction of sp³-hybridized carbons (Fsp3) is 0.444. The molecule has 0 spiro atoms. The van der Waals surface area contributed by atoms with Crippen LogP contribution >= 0.6 is 0 Å². The third kappa shape index (κ3) is 5.48. The zero-order valence-electron chi connectivity index (χ0n) is 22.7. The molecule has 2 fully saturated rings. The first-order valence-electron chi connectivity index (χ1n) is 13.1. The summed E-state index contributed by atoms with van der Waals surface area (Å²) in [4.78, 5) is 6.11. The van der Waals surface area contributed by atoms with Crippen molar-refractivity contribution in [2.45, 2.75) is 57.3 Å². The molecule has 0 aliphatic heterocycles. The Hall–Kier alpha value is -3.03. The standard InChI is InChI=1S/C27H34B3FN4O2/c1-25-8-9-26(2,15-25)14-18(13-25)35(3)23-7-6-20(33-34-23)19-5-4-16(10-21(19)36)17-11-22(31)32-24(12-17)37-27(28,29)30/h4-7,10-12,18,36H,8-9,13-15,28-30H2,1-3H3/t18-,25-,26+. The van der Waals surface area contributed by atoms with Gasteiger partial charge in [-0.1, -0.05) is 19.9 Å². The second kappa shape index (κ2) is 9.07. The number of anilines is 1. The molecule has 2 aliphatic rings. The molecule has 3 aromatic rings. The van der Waals surface area contributed by atoms with Crippen LogP contribution < -0.4 is 9.64 Å². The van der Waals surface area contributed by atoms with Gasteiger partial charge in [0.15, 0.2) is 5.82 Å². The Labute approximate surface area is 221 Å². The second-order valence-corrected chi connectivity index (χ2v) is 12.7. The van der Waals surface area contributed by atoms with E-state index in [9.17, 15) is 9.50 Å². The Morgan fingerprint density at radius 1 is 1.00 bits per heavy atom. The van der Waals surface area contributed by atoms with Gasteiger partial charge in [0.1, 0.15) is 29.3 Å². The average Bonchev–Trinajstić information content (AvgIpc) is 3.03. The smallest absolute Gasteiger partial charge is 0.216 e. The molecule has 2 heterocycles. The fourth-order valence-corrected chi connectivity index (χ4v) is 6.42. The maximum atomic E-state index is 14.2. The molecule has 37 heavy (non-hydrogen) atoms. The number of nitrogens with zero attached hydrogens (tertiary/aromatic N) is 4. The summed E-state index contributed by atoms with van der Waals surface area (Å²) in [5, 5.41) is 19.3. The predicted octanol–water partition coefficient (Wildman–Crippen LogP) is 2.73. The maximum absolute atomic E-state index is 14.2. The number of rotatable bonds is 6. The van der Waals surface area contributed by atoms with Gasteiger partial charge in [-0.05, 0) is 78.3 Å². The van der Waals surface area contributed by atoms with Crippen molar-refractivity contribution < 1.29 is 14.2 Å². The van der Waals surface area contributed by atoms with E-state index in [1.165, 1.54) is 38.2 Å². The molecule has 0 radical (unpaired) electrons. The van der Waals surface area contributed by atoms with E-state index < -0.39 is 11.2 Å². The van der Waals surface area contributed by atoms with Gasteiger partial charge in [-0.2, -0.15) is 9.37 Å². The summed E-state index contributed by atoms with van der Waals surface area (Å²) in [6.45, 7) is 4.86. The third-order valence-electron chi connectivity index (χ3n) is 7.99. The number of halogens is 1. The first-order chi connectivity index (χ1) is 17.3. The highest BCUT2D eigenvalue weighted by Gasteiger charge is 2.50. The number of hydrogen-bond acceptors (Lipinski definition) is 6. The summed E-state index contributed by atoms with van der Waals surface area (Å²) in [7, 11) is 7.75. The van der Waals surface area contributed by atoms with Crippen LogP contribution in [0.5, 0.6) is 11.6 Å². The van der Waals surface area contributed by atoms with Crippen LogP contribution in [0.15, 0.2) is 42.5 Å². The van der Waals surface area contributed by atoms with Crippen molar-refractivity contribution in [1.29, 1.82) is 0 Å². The van der Waals surface area contributed by atoms with Crippen LogP contribution in [0.1, 0.15) is 46.0 Å². The Balaban J connectivity index is 1.35. The first-order valence-corrected chi connectivity index (χ1v) is 13.1. The lowest BCUT2D eigenvalue weighted by Gasteiger charge is -2.44. The van der Waals surface area contributed by atoms with E-state index in [4.69, 9.17) is 4.74 Å². The summed E-state index contributed by atoms with van der Waals surface area (Å²) < 4.78 is 19.9. The molecule has 0 amide bonds. The van der Waals surface area contributed by atoms with Gasteiger partial charge in [-0.15, -0.1) is 10.2 Å². The topological polar surface area (TPSA) is 71.4 Å². The highest BCUT2D eigenvalue weighted by molar-refractivity contribution is 6.58. The summed E-state index contributed by atoms with van der Waals surface area (Å²) in [5.74, 6) is 0.454. The van der Waals surface area contributed by atoms with Crippen LogP contribution in [0.2, 0.25) is 0 Å². The van der Waals surface area contributed by atoms with Gasteiger partial charge < -0.3 is 14.7 Å². The van der Waals surface area contributed by atoms with E-state index >= 15 is 0 Å². The van der Waals surface area contributed by atoms with E-state index in [1.54, 1.807) is 18.2 Å². The normalized spacial score (nSPS) is 25.1. The van der Waals surface area contributed by atoms with Crippen molar-refractivity contribution in [3.05, 3.63) is 48.4 Å². The summed E-state index contributed by atoms with van der Waals surface area (Å²) in [6.07, 6.45) is 6.31. The maximum Gasteiger partial charge on any atom is 0.216 e. The van der Waals surface area contributed by atoms with Crippen molar-refractivity contribution >= 4 is 29.4 Å². The molecule has 2 aromatic heterocycles. The van der Waals surface area contributed by atoms with Crippen LogP contribution in [0.4, 0.5) is 10.2 Å². The van der Waals surface area contributed by atoms with Gasteiger partial charge in [-0.3, -0.25) is 0 Å². The number of ether oxygens (including phenoxy) is 1. The number of phenols is 1. The molecule has 2 saturated carbocycles.